The highest BCUT2D eigenvalue weighted by molar-refractivity contribution is 6.62. The minimum atomic E-state index is -2.63. The third-order valence-electron chi connectivity index (χ3n) is 3.96. The maximum atomic E-state index is 12.7. The second-order valence-corrected chi connectivity index (χ2v) is 6.00. The van der Waals surface area contributed by atoms with Gasteiger partial charge in [0.15, 0.2) is 0 Å². The predicted octanol–water partition coefficient (Wildman–Crippen LogP) is 1.65. The summed E-state index contributed by atoms with van der Waals surface area (Å²) in [5, 5.41) is 0. The number of nitrogens with two attached hydrogens (primary N) is 1. The maximum Gasteiger partial charge on any atom is 0.496 e. The summed E-state index contributed by atoms with van der Waals surface area (Å²) < 4.78 is 37.0. The van der Waals surface area contributed by atoms with Gasteiger partial charge in [0, 0.05) is 17.9 Å². The SMILES string of the molecule is CC1(C)OB(c2cncc(C(N)C(F)F)c2)OC1(C)C. The van der Waals surface area contributed by atoms with E-state index in [1.807, 2.05) is 27.7 Å². The largest absolute Gasteiger partial charge is 0.496 e. The van der Waals surface area contributed by atoms with Crippen LogP contribution in [0.15, 0.2) is 18.5 Å². The second kappa shape index (κ2) is 5.05. The van der Waals surface area contributed by atoms with Crippen LogP contribution in [0.5, 0.6) is 0 Å². The first-order valence-electron chi connectivity index (χ1n) is 6.48. The lowest BCUT2D eigenvalue weighted by molar-refractivity contribution is 0.00578. The van der Waals surface area contributed by atoms with Crippen molar-refractivity contribution in [2.45, 2.75) is 51.4 Å². The van der Waals surface area contributed by atoms with E-state index in [1.54, 1.807) is 12.3 Å². The Kier molecular flexibility index (Phi) is 3.88. The van der Waals surface area contributed by atoms with Gasteiger partial charge in [0.05, 0.1) is 17.2 Å². The standard InChI is InChI=1S/C13H19BF2N2O2/c1-12(2)13(3,4)20-14(19-12)9-5-8(6-18-7-9)10(17)11(15)16/h5-7,10-11H,17H2,1-4H3. The molecule has 0 bridgehead atoms. The van der Waals surface area contributed by atoms with Crippen LogP contribution in [-0.4, -0.2) is 29.7 Å². The van der Waals surface area contributed by atoms with Crippen molar-refractivity contribution in [2.24, 2.45) is 5.73 Å². The summed E-state index contributed by atoms with van der Waals surface area (Å²) in [5.74, 6) is 0. The van der Waals surface area contributed by atoms with E-state index in [2.05, 4.69) is 4.98 Å². The van der Waals surface area contributed by atoms with Crippen LogP contribution in [-0.2, 0) is 9.31 Å². The fraction of sp³-hybridized carbons (Fsp3) is 0.615. The Labute approximate surface area is 117 Å². The van der Waals surface area contributed by atoms with E-state index in [0.717, 1.165) is 0 Å². The normalized spacial score (nSPS) is 22.3. The van der Waals surface area contributed by atoms with Crippen molar-refractivity contribution >= 4 is 12.6 Å². The minimum Gasteiger partial charge on any atom is -0.399 e. The van der Waals surface area contributed by atoms with Gasteiger partial charge in [-0.1, -0.05) is 6.07 Å². The lowest BCUT2D eigenvalue weighted by Gasteiger charge is -2.32. The molecule has 2 heterocycles. The quantitative estimate of drug-likeness (QED) is 0.857. The summed E-state index contributed by atoms with van der Waals surface area (Å²) in [6.07, 6.45) is 0.250. The number of nitrogens with zero attached hydrogens (tertiary/aromatic N) is 1. The second-order valence-electron chi connectivity index (χ2n) is 6.00. The minimum absolute atomic E-state index is 0.271. The molecular weight excluding hydrogens is 265 g/mol. The Hall–Kier alpha value is -1.05. The van der Waals surface area contributed by atoms with Gasteiger partial charge in [-0.15, -0.1) is 0 Å². The molecule has 1 saturated heterocycles. The predicted molar refractivity (Wildman–Crippen MR) is 72.9 cm³/mol. The van der Waals surface area contributed by atoms with Crippen molar-refractivity contribution in [1.29, 1.82) is 0 Å². The van der Waals surface area contributed by atoms with Crippen molar-refractivity contribution in [3.63, 3.8) is 0 Å². The Balaban J connectivity index is 2.25. The Morgan fingerprint density at radius 1 is 1.15 bits per heavy atom. The Morgan fingerprint density at radius 3 is 2.20 bits per heavy atom. The molecule has 20 heavy (non-hydrogen) atoms. The molecule has 1 aromatic heterocycles. The van der Waals surface area contributed by atoms with Gasteiger partial charge in [-0.05, 0) is 33.3 Å². The number of pyridine rings is 1. The number of aromatic nitrogens is 1. The molecule has 0 aromatic carbocycles. The zero-order valence-corrected chi connectivity index (χ0v) is 12.1. The smallest absolute Gasteiger partial charge is 0.399 e. The Morgan fingerprint density at radius 2 is 1.70 bits per heavy atom. The van der Waals surface area contributed by atoms with Gasteiger partial charge in [-0.2, -0.15) is 0 Å². The number of hydrogen-bond donors (Lipinski definition) is 1. The van der Waals surface area contributed by atoms with Crippen molar-refractivity contribution in [3.8, 4) is 0 Å². The van der Waals surface area contributed by atoms with Gasteiger partial charge in [0.25, 0.3) is 6.43 Å². The van der Waals surface area contributed by atoms with Crippen LogP contribution in [0.2, 0.25) is 0 Å². The van der Waals surface area contributed by atoms with E-state index < -0.39 is 30.8 Å². The monoisotopic (exact) mass is 284 g/mol. The summed E-state index contributed by atoms with van der Waals surface area (Å²) in [6, 6.07) is 0.205. The number of rotatable bonds is 3. The van der Waals surface area contributed by atoms with Gasteiger partial charge >= 0.3 is 7.12 Å². The molecule has 7 heteroatoms. The molecule has 0 radical (unpaired) electrons. The number of hydrogen-bond acceptors (Lipinski definition) is 4. The first-order chi connectivity index (χ1) is 9.14. The molecule has 1 fully saturated rings. The average molecular weight is 284 g/mol. The molecule has 1 unspecified atom stereocenters. The molecule has 4 nitrogen and oxygen atoms in total. The number of halogens is 2. The van der Waals surface area contributed by atoms with E-state index in [0.29, 0.717) is 5.46 Å². The molecule has 1 atom stereocenters. The lowest BCUT2D eigenvalue weighted by atomic mass is 9.79. The van der Waals surface area contributed by atoms with Crippen LogP contribution in [0.4, 0.5) is 8.78 Å². The highest BCUT2D eigenvalue weighted by Gasteiger charge is 2.51. The topological polar surface area (TPSA) is 57.4 Å². The van der Waals surface area contributed by atoms with Crippen LogP contribution in [0, 0.1) is 0 Å². The third-order valence-corrected chi connectivity index (χ3v) is 3.96. The fourth-order valence-electron chi connectivity index (χ4n) is 1.91. The van der Waals surface area contributed by atoms with Crippen molar-refractivity contribution in [2.75, 3.05) is 0 Å². The molecule has 110 valence electrons. The number of alkyl halides is 2. The first kappa shape index (κ1) is 15.3. The zero-order valence-electron chi connectivity index (χ0n) is 12.1. The van der Waals surface area contributed by atoms with Gasteiger partial charge in [0.2, 0.25) is 0 Å². The molecule has 0 amide bonds. The third kappa shape index (κ3) is 2.70. The van der Waals surface area contributed by atoms with E-state index >= 15 is 0 Å². The van der Waals surface area contributed by atoms with Crippen molar-refractivity contribution in [3.05, 3.63) is 24.0 Å². The Bertz CT molecular complexity index is 481. The molecule has 1 aromatic rings. The van der Waals surface area contributed by atoms with Gasteiger partial charge in [-0.25, -0.2) is 8.78 Å². The van der Waals surface area contributed by atoms with Gasteiger partial charge in [-0.3, -0.25) is 4.98 Å². The molecular formula is C13H19BF2N2O2. The van der Waals surface area contributed by atoms with Crippen molar-refractivity contribution < 1.29 is 18.1 Å². The van der Waals surface area contributed by atoms with Gasteiger partial charge in [0.1, 0.15) is 0 Å². The molecule has 2 N–H and O–H groups in total. The van der Waals surface area contributed by atoms with E-state index in [1.165, 1.54) is 6.20 Å². The summed E-state index contributed by atoms with van der Waals surface area (Å²) in [6.45, 7) is 7.70. The van der Waals surface area contributed by atoms with Gasteiger partial charge < -0.3 is 15.0 Å². The van der Waals surface area contributed by atoms with E-state index in [4.69, 9.17) is 15.0 Å². The lowest BCUT2D eigenvalue weighted by Crippen LogP contribution is -2.41. The summed E-state index contributed by atoms with van der Waals surface area (Å²) >= 11 is 0. The van der Waals surface area contributed by atoms with Crippen molar-refractivity contribution in [1.82, 2.24) is 4.98 Å². The van der Waals surface area contributed by atoms with Crippen LogP contribution in [0.3, 0.4) is 0 Å². The summed E-state index contributed by atoms with van der Waals surface area (Å²) in [7, 11) is -0.627. The van der Waals surface area contributed by atoms with Crippen LogP contribution in [0.25, 0.3) is 0 Å². The van der Waals surface area contributed by atoms with E-state index in [9.17, 15) is 8.78 Å². The van der Waals surface area contributed by atoms with Crippen LogP contribution >= 0.6 is 0 Å². The first-order valence-corrected chi connectivity index (χ1v) is 6.48. The molecule has 1 aliphatic rings. The molecule has 0 spiro atoms. The maximum absolute atomic E-state index is 12.7. The highest BCUT2D eigenvalue weighted by Crippen LogP contribution is 2.36. The average Bonchev–Trinajstić information content (AvgIpc) is 2.57. The summed E-state index contributed by atoms with van der Waals surface area (Å²) in [4.78, 5) is 3.95. The fourth-order valence-corrected chi connectivity index (χ4v) is 1.91. The highest BCUT2D eigenvalue weighted by atomic mass is 19.3. The van der Waals surface area contributed by atoms with Crippen LogP contribution in [0.1, 0.15) is 39.3 Å². The zero-order chi connectivity index (χ0) is 15.1. The molecule has 0 aliphatic carbocycles. The van der Waals surface area contributed by atoms with E-state index in [-0.39, 0.29) is 5.56 Å². The van der Waals surface area contributed by atoms with Crippen LogP contribution < -0.4 is 11.2 Å². The molecule has 2 rings (SSSR count). The molecule has 0 saturated carbocycles. The summed E-state index contributed by atoms with van der Waals surface area (Å²) in [5.41, 5.74) is 5.33. The molecule has 1 aliphatic heterocycles.